The van der Waals surface area contributed by atoms with Crippen LogP contribution in [-0.2, 0) is 6.42 Å². The molecule has 0 aliphatic rings. The lowest BCUT2D eigenvalue weighted by atomic mass is 10.1. The van der Waals surface area contributed by atoms with Crippen molar-refractivity contribution in [2.24, 2.45) is 0 Å². The van der Waals surface area contributed by atoms with Gasteiger partial charge in [-0.3, -0.25) is 4.79 Å². The first-order chi connectivity index (χ1) is 9.34. The second kappa shape index (κ2) is 5.28. The minimum atomic E-state index is -0.0194. The predicted octanol–water partition coefficient (Wildman–Crippen LogP) is 3.20. The van der Waals surface area contributed by atoms with E-state index in [1.807, 2.05) is 30.3 Å². The molecule has 19 heavy (non-hydrogen) atoms. The highest BCUT2D eigenvalue weighted by Gasteiger charge is 2.10. The molecular formula is C15H14N2OS. The minimum absolute atomic E-state index is 0.0194. The van der Waals surface area contributed by atoms with Crippen LogP contribution in [0.3, 0.4) is 0 Å². The van der Waals surface area contributed by atoms with Gasteiger partial charge < -0.3 is 10.3 Å². The quantitative estimate of drug-likeness (QED) is 0.751. The third kappa shape index (κ3) is 2.53. The third-order valence-electron chi connectivity index (χ3n) is 3.07. The highest BCUT2D eigenvalue weighted by molar-refractivity contribution is 7.09. The average molecular weight is 270 g/mol. The molecule has 0 aliphatic heterocycles. The maximum atomic E-state index is 12.1. The van der Waals surface area contributed by atoms with Crippen molar-refractivity contribution in [2.45, 2.75) is 6.42 Å². The van der Waals surface area contributed by atoms with E-state index in [4.69, 9.17) is 0 Å². The number of fused-ring (bicyclic) bond motifs is 1. The summed E-state index contributed by atoms with van der Waals surface area (Å²) in [6.45, 7) is 0.666. The summed E-state index contributed by atoms with van der Waals surface area (Å²) in [5, 5.41) is 5.98. The van der Waals surface area contributed by atoms with Gasteiger partial charge >= 0.3 is 0 Å². The first kappa shape index (κ1) is 12.0. The topological polar surface area (TPSA) is 44.9 Å². The van der Waals surface area contributed by atoms with Crippen LogP contribution in [-0.4, -0.2) is 17.4 Å². The number of hydrogen-bond donors (Lipinski definition) is 2. The number of carbonyl (C=O) groups excluding carboxylic acids is 1. The van der Waals surface area contributed by atoms with Crippen LogP contribution in [0.25, 0.3) is 10.9 Å². The van der Waals surface area contributed by atoms with Gasteiger partial charge in [0.15, 0.2) is 0 Å². The number of amides is 1. The number of hydrogen-bond acceptors (Lipinski definition) is 2. The van der Waals surface area contributed by atoms with Gasteiger partial charge in [-0.1, -0.05) is 24.3 Å². The summed E-state index contributed by atoms with van der Waals surface area (Å²) in [6.07, 6.45) is 2.65. The van der Waals surface area contributed by atoms with Crippen molar-refractivity contribution in [3.63, 3.8) is 0 Å². The van der Waals surface area contributed by atoms with Crippen LogP contribution >= 0.6 is 11.3 Å². The van der Waals surface area contributed by atoms with Crippen LogP contribution in [0.1, 0.15) is 15.2 Å². The third-order valence-corrected chi connectivity index (χ3v) is 4.01. The number of thiophene rings is 1. The zero-order valence-corrected chi connectivity index (χ0v) is 11.2. The van der Waals surface area contributed by atoms with Crippen molar-refractivity contribution >= 4 is 28.1 Å². The van der Waals surface area contributed by atoms with Crippen molar-refractivity contribution in [1.82, 2.24) is 10.3 Å². The molecule has 2 N–H and O–H groups in total. The maximum absolute atomic E-state index is 12.1. The first-order valence-electron chi connectivity index (χ1n) is 6.21. The van der Waals surface area contributed by atoms with Crippen molar-refractivity contribution < 1.29 is 4.79 Å². The molecule has 1 aromatic carbocycles. The fraction of sp³-hybridized carbons (Fsp3) is 0.133. The second-order valence-corrected chi connectivity index (χ2v) is 5.37. The van der Waals surface area contributed by atoms with E-state index in [2.05, 4.69) is 21.7 Å². The Labute approximate surface area is 115 Å². The fourth-order valence-corrected chi connectivity index (χ4v) is 2.82. The summed E-state index contributed by atoms with van der Waals surface area (Å²) in [4.78, 5) is 16.5. The lowest BCUT2D eigenvalue weighted by Crippen LogP contribution is -2.25. The molecule has 1 amide bonds. The normalized spacial score (nSPS) is 10.7. The number of aromatic nitrogens is 1. The molecule has 2 aromatic heterocycles. The summed E-state index contributed by atoms with van der Waals surface area (Å²) < 4.78 is 0. The van der Waals surface area contributed by atoms with Gasteiger partial charge in [-0.2, -0.15) is 0 Å². The van der Waals surface area contributed by atoms with Gasteiger partial charge in [0.25, 0.3) is 5.91 Å². The van der Waals surface area contributed by atoms with Crippen LogP contribution in [0.2, 0.25) is 0 Å². The minimum Gasteiger partial charge on any atom is -0.360 e. The number of benzene rings is 1. The SMILES string of the molecule is O=C(NCCc1cccs1)c1c[nH]c2ccccc12. The number of carbonyl (C=O) groups is 1. The molecule has 0 saturated carbocycles. The molecule has 2 heterocycles. The largest absolute Gasteiger partial charge is 0.360 e. The molecule has 0 saturated heterocycles. The molecule has 0 unspecified atom stereocenters. The number of aromatic amines is 1. The summed E-state index contributed by atoms with van der Waals surface area (Å²) in [7, 11) is 0. The van der Waals surface area contributed by atoms with Gasteiger partial charge in [0.2, 0.25) is 0 Å². The van der Waals surface area contributed by atoms with Gasteiger partial charge in [0.1, 0.15) is 0 Å². The Balaban J connectivity index is 1.67. The molecule has 3 rings (SSSR count). The van der Waals surface area contributed by atoms with E-state index in [1.54, 1.807) is 17.5 Å². The van der Waals surface area contributed by atoms with Crippen molar-refractivity contribution in [1.29, 1.82) is 0 Å². The van der Waals surface area contributed by atoms with Gasteiger partial charge in [-0.05, 0) is 23.9 Å². The number of rotatable bonds is 4. The van der Waals surface area contributed by atoms with Gasteiger partial charge in [0, 0.05) is 28.5 Å². The smallest absolute Gasteiger partial charge is 0.253 e. The van der Waals surface area contributed by atoms with Gasteiger partial charge in [-0.15, -0.1) is 11.3 Å². The summed E-state index contributed by atoms with van der Waals surface area (Å²) in [6, 6.07) is 11.9. The Hall–Kier alpha value is -2.07. The Bertz CT molecular complexity index is 685. The van der Waals surface area contributed by atoms with E-state index in [0.29, 0.717) is 12.1 Å². The monoisotopic (exact) mass is 270 g/mol. The lowest BCUT2D eigenvalue weighted by molar-refractivity contribution is 0.0956. The lowest BCUT2D eigenvalue weighted by Gasteiger charge is -2.03. The van der Waals surface area contributed by atoms with E-state index in [1.165, 1.54) is 4.88 Å². The highest BCUT2D eigenvalue weighted by atomic mass is 32.1. The van der Waals surface area contributed by atoms with Crippen LogP contribution in [0.4, 0.5) is 0 Å². The van der Waals surface area contributed by atoms with Crippen LogP contribution in [0.5, 0.6) is 0 Å². The molecule has 3 nitrogen and oxygen atoms in total. The molecule has 0 atom stereocenters. The molecule has 0 spiro atoms. The van der Waals surface area contributed by atoms with E-state index >= 15 is 0 Å². The molecule has 4 heteroatoms. The summed E-state index contributed by atoms with van der Waals surface area (Å²) in [5.74, 6) is -0.0194. The molecular weight excluding hydrogens is 256 g/mol. The zero-order chi connectivity index (χ0) is 13.1. The van der Waals surface area contributed by atoms with Gasteiger partial charge in [-0.25, -0.2) is 0 Å². The second-order valence-electron chi connectivity index (χ2n) is 4.33. The molecule has 0 radical (unpaired) electrons. The Morgan fingerprint density at radius 1 is 1.21 bits per heavy atom. The molecule has 0 bridgehead atoms. The molecule has 0 aliphatic carbocycles. The predicted molar refractivity (Wildman–Crippen MR) is 78.7 cm³/mol. The standard InChI is InChI=1S/C15H14N2OS/c18-15(16-8-7-11-4-3-9-19-11)13-10-17-14-6-2-1-5-12(13)14/h1-6,9-10,17H,7-8H2,(H,16,18). The highest BCUT2D eigenvalue weighted by Crippen LogP contribution is 2.17. The van der Waals surface area contributed by atoms with Crippen molar-refractivity contribution in [3.8, 4) is 0 Å². The van der Waals surface area contributed by atoms with Gasteiger partial charge in [0.05, 0.1) is 5.56 Å². The van der Waals surface area contributed by atoms with Crippen molar-refractivity contribution in [2.75, 3.05) is 6.54 Å². The number of H-pyrrole nitrogens is 1. The zero-order valence-electron chi connectivity index (χ0n) is 10.3. The maximum Gasteiger partial charge on any atom is 0.253 e. The Kier molecular flexibility index (Phi) is 3.33. The van der Waals surface area contributed by atoms with E-state index < -0.39 is 0 Å². The molecule has 0 fully saturated rings. The molecule has 96 valence electrons. The molecule has 3 aromatic rings. The van der Waals surface area contributed by atoms with Crippen LogP contribution < -0.4 is 5.32 Å². The number of para-hydroxylation sites is 1. The van der Waals surface area contributed by atoms with Crippen LogP contribution in [0, 0.1) is 0 Å². The van der Waals surface area contributed by atoms with E-state index in [9.17, 15) is 4.79 Å². The Morgan fingerprint density at radius 3 is 2.95 bits per heavy atom. The number of nitrogens with one attached hydrogen (secondary N) is 2. The van der Waals surface area contributed by atoms with E-state index in [0.717, 1.165) is 17.3 Å². The van der Waals surface area contributed by atoms with E-state index in [-0.39, 0.29) is 5.91 Å². The average Bonchev–Trinajstić information content (AvgIpc) is 3.07. The van der Waals surface area contributed by atoms with Crippen LogP contribution in [0.15, 0.2) is 48.0 Å². The summed E-state index contributed by atoms with van der Waals surface area (Å²) in [5.41, 5.74) is 1.70. The Morgan fingerprint density at radius 2 is 2.11 bits per heavy atom. The summed E-state index contributed by atoms with van der Waals surface area (Å²) >= 11 is 1.72. The first-order valence-corrected chi connectivity index (χ1v) is 7.09. The fourth-order valence-electron chi connectivity index (χ4n) is 2.11. The van der Waals surface area contributed by atoms with Crippen molar-refractivity contribution in [3.05, 3.63) is 58.4 Å².